The van der Waals surface area contributed by atoms with E-state index < -0.39 is 0 Å². The largest absolute Gasteiger partial charge is 0.365 e. The molecule has 1 aliphatic rings. The second kappa shape index (κ2) is 11.9. The van der Waals surface area contributed by atoms with Gasteiger partial charge in [-0.05, 0) is 38.8 Å². The lowest BCUT2D eigenvalue weighted by Crippen LogP contribution is -2.51. The lowest BCUT2D eigenvalue weighted by atomic mass is 10.0. The number of benzene rings is 1. The highest BCUT2D eigenvalue weighted by Crippen LogP contribution is 2.25. The van der Waals surface area contributed by atoms with E-state index in [1.807, 2.05) is 25.1 Å². The zero-order valence-electron chi connectivity index (χ0n) is 20.0. The summed E-state index contributed by atoms with van der Waals surface area (Å²) in [6, 6.07) is 10.4. The van der Waals surface area contributed by atoms with Crippen LogP contribution < -0.4 is 5.32 Å². The molecule has 1 unspecified atom stereocenters. The van der Waals surface area contributed by atoms with Crippen LogP contribution in [0, 0.1) is 0 Å². The van der Waals surface area contributed by atoms with Crippen molar-refractivity contribution in [3.63, 3.8) is 0 Å². The Labute approximate surface area is 194 Å². The van der Waals surface area contributed by atoms with Gasteiger partial charge in [0.25, 0.3) is 0 Å². The SMILES string of the molecule is C=C/C=C/C(=C\N/C(C)=C(/C)CC)C(=O)C(=C)N1CCN(C(=C)c2ccccc2)C(C)C1. The fourth-order valence-electron chi connectivity index (χ4n) is 3.65. The number of nitrogens with one attached hydrogen (secondary N) is 1. The normalized spacial score (nSPS) is 17.8. The number of rotatable bonds is 10. The van der Waals surface area contributed by atoms with Gasteiger partial charge in [-0.15, -0.1) is 0 Å². The molecular formula is C28H37N3O. The second-order valence-electron chi connectivity index (χ2n) is 8.17. The number of carbonyl (C=O) groups excluding carboxylic acids is 1. The van der Waals surface area contributed by atoms with Crippen molar-refractivity contribution in [2.45, 2.75) is 40.2 Å². The first-order chi connectivity index (χ1) is 15.3. The Balaban J connectivity index is 2.11. The molecule has 170 valence electrons. The van der Waals surface area contributed by atoms with Crippen molar-refractivity contribution in [1.29, 1.82) is 0 Å². The van der Waals surface area contributed by atoms with Crippen molar-refractivity contribution in [3.8, 4) is 0 Å². The molecule has 1 aliphatic heterocycles. The van der Waals surface area contributed by atoms with Gasteiger partial charge in [-0.3, -0.25) is 4.79 Å². The molecule has 0 radical (unpaired) electrons. The van der Waals surface area contributed by atoms with Crippen LogP contribution in [0.5, 0.6) is 0 Å². The molecule has 2 rings (SSSR count). The smallest absolute Gasteiger partial charge is 0.209 e. The Hall–Kier alpha value is -3.27. The molecule has 0 aliphatic carbocycles. The second-order valence-corrected chi connectivity index (χ2v) is 8.17. The molecule has 1 fully saturated rings. The van der Waals surface area contributed by atoms with Gasteiger partial charge in [0.05, 0.1) is 5.70 Å². The molecular weight excluding hydrogens is 394 g/mol. The van der Waals surface area contributed by atoms with Crippen LogP contribution in [0.25, 0.3) is 5.70 Å². The molecule has 1 heterocycles. The quantitative estimate of drug-likeness (QED) is 0.383. The van der Waals surface area contributed by atoms with E-state index in [1.54, 1.807) is 24.4 Å². The molecule has 32 heavy (non-hydrogen) atoms. The average molecular weight is 432 g/mol. The van der Waals surface area contributed by atoms with Gasteiger partial charge in [-0.25, -0.2) is 0 Å². The first-order valence-electron chi connectivity index (χ1n) is 11.2. The van der Waals surface area contributed by atoms with Crippen LogP contribution in [-0.4, -0.2) is 41.3 Å². The van der Waals surface area contributed by atoms with Crippen molar-refractivity contribution in [2.75, 3.05) is 19.6 Å². The maximum Gasteiger partial charge on any atom is 0.209 e. The number of Topliss-reactive ketones (excluding diaryl/α,β-unsaturated/α-hetero) is 1. The lowest BCUT2D eigenvalue weighted by molar-refractivity contribution is -0.113. The lowest BCUT2D eigenvalue weighted by Gasteiger charge is -2.43. The average Bonchev–Trinajstić information content (AvgIpc) is 2.82. The minimum Gasteiger partial charge on any atom is -0.365 e. The van der Waals surface area contributed by atoms with Crippen LogP contribution in [0.15, 0.2) is 97.0 Å². The van der Waals surface area contributed by atoms with Gasteiger partial charge in [-0.1, -0.05) is 74.7 Å². The summed E-state index contributed by atoms with van der Waals surface area (Å²) in [6.07, 6.45) is 7.94. The minimum atomic E-state index is -0.0833. The number of hydrogen-bond acceptors (Lipinski definition) is 4. The topological polar surface area (TPSA) is 35.6 Å². The van der Waals surface area contributed by atoms with Gasteiger partial charge in [0.1, 0.15) is 0 Å². The summed E-state index contributed by atoms with van der Waals surface area (Å²) in [5, 5.41) is 3.26. The highest BCUT2D eigenvalue weighted by atomic mass is 16.1. The van der Waals surface area contributed by atoms with Gasteiger partial charge in [0, 0.05) is 48.8 Å². The Morgan fingerprint density at radius 3 is 2.47 bits per heavy atom. The Kier molecular flexibility index (Phi) is 9.33. The fraction of sp³-hybridized carbons (Fsp3) is 0.321. The predicted molar refractivity (Wildman–Crippen MR) is 137 cm³/mol. The van der Waals surface area contributed by atoms with Gasteiger partial charge >= 0.3 is 0 Å². The van der Waals surface area contributed by atoms with Crippen LogP contribution in [0.2, 0.25) is 0 Å². The molecule has 1 N–H and O–H groups in total. The Bertz CT molecular complexity index is 937. The van der Waals surface area contributed by atoms with Crippen LogP contribution in [0.1, 0.15) is 39.7 Å². The Morgan fingerprint density at radius 1 is 1.19 bits per heavy atom. The van der Waals surface area contributed by atoms with E-state index in [-0.39, 0.29) is 11.8 Å². The van der Waals surface area contributed by atoms with E-state index in [0.29, 0.717) is 11.3 Å². The zero-order chi connectivity index (χ0) is 23.7. The van der Waals surface area contributed by atoms with E-state index in [9.17, 15) is 4.79 Å². The van der Waals surface area contributed by atoms with Crippen LogP contribution in [0.4, 0.5) is 0 Å². The zero-order valence-corrected chi connectivity index (χ0v) is 20.0. The van der Waals surface area contributed by atoms with E-state index in [0.717, 1.165) is 43.0 Å². The fourth-order valence-corrected chi connectivity index (χ4v) is 3.65. The van der Waals surface area contributed by atoms with Gasteiger partial charge < -0.3 is 15.1 Å². The standard InChI is InChI=1S/C28H37N3O/c1-8-10-14-27(19-29-23(5)21(3)9-2)28(32)25(7)30-17-18-31(22(4)20-30)24(6)26-15-12-11-13-16-26/h8,10-16,19,22,29H,1,6-7,9,17-18,20H2,2-5H3/b14-10+,23-21-,27-19+. The summed E-state index contributed by atoms with van der Waals surface area (Å²) >= 11 is 0. The van der Waals surface area contributed by atoms with Crippen LogP contribution in [-0.2, 0) is 4.79 Å². The Morgan fingerprint density at radius 2 is 1.88 bits per heavy atom. The summed E-state index contributed by atoms with van der Waals surface area (Å²) in [5.74, 6) is -0.0833. The van der Waals surface area contributed by atoms with Gasteiger partial charge in [-0.2, -0.15) is 0 Å². The first-order valence-corrected chi connectivity index (χ1v) is 11.2. The maximum absolute atomic E-state index is 13.3. The van der Waals surface area contributed by atoms with Crippen LogP contribution in [0.3, 0.4) is 0 Å². The van der Waals surface area contributed by atoms with E-state index in [1.165, 1.54) is 5.57 Å². The van der Waals surface area contributed by atoms with Crippen molar-refractivity contribution < 1.29 is 4.79 Å². The molecule has 0 saturated carbocycles. The van der Waals surface area contributed by atoms with Crippen molar-refractivity contribution in [3.05, 3.63) is 103 Å². The molecule has 0 spiro atoms. The summed E-state index contributed by atoms with van der Waals surface area (Å²) in [4.78, 5) is 17.6. The third-order valence-corrected chi connectivity index (χ3v) is 6.01. The molecule has 0 bridgehead atoms. The number of allylic oxidation sites excluding steroid dienone is 6. The number of carbonyl (C=O) groups is 1. The van der Waals surface area contributed by atoms with Gasteiger partial charge in [0.2, 0.25) is 5.78 Å². The minimum absolute atomic E-state index is 0.0833. The van der Waals surface area contributed by atoms with E-state index in [2.05, 4.69) is 67.8 Å². The number of nitrogens with zero attached hydrogens (tertiary/aromatic N) is 2. The summed E-state index contributed by atoms with van der Waals surface area (Å²) in [5.41, 5.74) is 5.51. The first kappa shape index (κ1) is 25.0. The predicted octanol–water partition coefficient (Wildman–Crippen LogP) is 5.67. The summed E-state index contributed by atoms with van der Waals surface area (Å²) in [6.45, 7) is 22.8. The van der Waals surface area contributed by atoms with Crippen molar-refractivity contribution in [2.24, 2.45) is 0 Å². The number of piperazine rings is 1. The summed E-state index contributed by atoms with van der Waals surface area (Å²) in [7, 11) is 0. The van der Waals surface area contributed by atoms with E-state index >= 15 is 0 Å². The van der Waals surface area contributed by atoms with Crippen molar-refractivity contribution >= 4 is 11.5 Å². The highest BCUT2D eigenvalue weighted by Gasteiger charge is 2.28. The summed E-state index contributed by atoms with van der Waals surface area (Å²) < 4.78 is 0. The van der Waals surface area contributed by atoms with Gasteiger partial charge in [0.15, 0.2) is 0 Å². The number of hydrogen-bond donors (Lipinski definition) is 1. The molecule has 4 heteroatoms. The monoisotopic (exact) mass is 431 g/mol. The third kappa shape index (κ3) is 6.36. The van der Waals surface area contributed by atoms with Crippen LogP contribution >= 0.6 is 0 Å². The molecule has 1 aromatic carbocycles. The van der Waals surface area contributed by atoms with E-state index in [4.69, 9.17) is 0 Å². The number of ketones is 1. The molecule has 4 nitrogen and oxygen atoms in total. The highest BCUT2D eigenvalue weighted by molar-refractivity contribution is 6.09. The molecule has 1 atom stereocenters. The molecule has 1 aromatic rings. The maximum atomic E-state index is 13.3. The van der Waals surface area contributed by atoms with Crippen molar-refractivity contribution in [1.82, 2.24) is 15.1 Å². The third-order valence-electron chi connectivity index (χ3n) is 6.01. The molecule has 0 amide bonds. The molecule has 1 saturated heterocycles. The molecule has 0 aromatic heterocycles.